The third-order valence-corrected chi connectivity index (χ3v) is 6.32. The van der Waals surface area contributed by atoms with Crippen molar-refractivity contribution in [1.29, 1.82) is 0 Å². The van der Waals surface area contributed by atoms with Gasteiger partial charge in [-0.3, -0.25) is 14.6 Å². The number of hydrogen-bond acceptors (Lipinski definition) is 7. The van der Waals surface area contributed by atoms with Gasteiger partial charge in [0.05, 0.1) is 11.1 Å². The summed E-state index contributed by atoms with van der Waals surface area (Å²) < 4.78 is 25.5. The fourth-order valence-electron chi connectivity index (χ4n) is 4.13. The average Bonchev–Trinajstić information content (AvgIpc) is 3.44. The van der Waals surface area contributed by atoms with Crippen molar-refractivity contribution in [2.45, 2.75) is 26.5 Å². The lowest BCUT2D eigenvalue weighted by Crippen LogP contribution is -2.38. The summed E-state index contributed by atoms with van der Waals surface area (Å²) in [4.78, 5) is 32.6. The number of halogens is 1. The van der Waals surface area contributed by atoms with Crippen molar-refractivity contribution in [2.75, 3.05) is 0 Å². The number of nitrogens with one attached hydrogen (secondary N) is 1. The number of carbonyl (C=O) groups excluding carboxylic acids is 2. The molecule has 1 N–H and O–H groups in total. The molecule has 9 heteroatoms. The quantitative estimate of drug-likeness (QED) is 0.190. The highest BCUT2D eigenvalue weighted by Crippen LogP contribution is 2.26. The molecule has 40 heavy (non-hydrogen) atoms. The lowest BCUT2D eigenvalue weighted by Gasteiger charge is -2.17. The maximum atomic E-state index is 15.1. The third-order valence-electron chi connectivity index (χ3n) is 6.32. The zero-order valence-electron chi connectivity index (χ0n) is 21.8. The highest BCUT2D eigenvalue weighted by Gasteiger charge is 2.19. The largest absolute Gasteiger partial charge is 0.444 e. The lowest BCUT2D eigenvalue weighted by molar-refractivity contribution is -0.134. The number of benzene rings is 3. The van der Waals surface area contributed by atoms with Crippen LogP contribution in [-0.4, -0.2) is 33.7 Å². The maximum absolute atomic E-state index is 15.1. The van der Waals surface area contributed by atoms with E-state index in [-0.39, 0.29) is 30.2 Å². The van der Waals surface area contributed by atoms with Crippen LogP contribution < -0.4 is 5.32 Å². The van der Waals surface area contributed by atoms with Crippen LogP contribution in [0.1, 0.15) is 27.0 Å². The zero-order chi connectivity index (χ0) is 28.1. The Bertz CT molecular complexity index is 1650. The summed E-state index contributed by atoms with van der Waals surface area (Å²) in [6, 6.07) is 21.5. The van der Waals surface area contributed by atoms with Crippen LogP contribution in [0.15, 0.2) is 89.7 Å². The van der Waals surface area contributed by atoms with Gasteiger partial charge in [-0.25, -0.2) is 4.39 Å². The van der Waals surface area contributed by atoms with Gasteiger partial charge >= 0.3 is 0 Å². The predicted octanol–water partition coefficient (Wildman–Crippen LogP) is 5.69. The van der Waals surface area contributed by atoms with Gasteiger partial charge in [-0.05, 0) is 55.3 Å². The van der Waals surface area contributed by atoms with Crippen LogP contribution in [0.25, 0.3) is 34.0 Å². The van der Waals surface area contributed by atoms with Gasteiger partial charge in [-0.1, -0.05) is 58.7 Å². The number of ether oxygens (including phenoxy) is 1. The molecule has 5 rings (SSSR count). The van der Waals surface area contributed by atoms with E-state index in [9.17, 15) is 9.59 Å². The molecular weight excluding hydrogens is 511 g/mol. The molecule has 5 aromatic rings. The second-order valence-electron chi connectivity index (χ2n) is 9.33. The Labute approximate surface area is 229 Å². The molecule has 1 amide bonds. The summed E-state index contributed by atoms with van der Waals surface area (Å²) >= 11 is 0. The summed E-state index contributed by atoms with van der Waals surface area (Å²) in [5.41, 5.74) is 5.55. The smallest absolute Gasteiger partial charge is 0.295 e. The Morgan fingerprint density at radius 1 is 0.950 bits per heavy atom. The van der Waals surface area contributed by atoms with Crippen molar-refractivity contribution >= 4 is 12.4 Å². The molecule has 0 aliphatic heterocycles. The number of nitrogens with zero attached hydrogens (tertiary/aromatic N) is 3. The SMILES string of the molecule is Cc1ccc(-c2cncc(C(=O)NC(Cc3ccc(-c4noc(-c5ccc(C)cc5)n4)c(F)c3)OC=O)c2)cc1. The molecule has 0 saturated heterocycles. The minimum Gasteiger partial charge on any atom is -0.444 e. The van der Waals surface area contributed by atoms with Gasteiger partial charge in [-0.2, -0.15) is 4.98 Å². The first-order valence-corrected chi connectivity index (χ1v) is 12.5. The molecular formula is C31H25FN4O4. The summed E-state index contributed by atoms with van der Waals surface area (Å²) in [7, 11) is 0. The number of aromatic nitrogens is 3. The Morgan fingerprint density at radius 3 is 2.33 bits per heavy atom. The van der Waals surface area contributed by atoms with Gasteiger partial charge < -0.3 is 14.6 Å². The van der Waals surface area contributed by atoms with Gasteiger partial charge in [0.2, 0.25) is 5.82 Å². The van der Waals surface area contributed by atoms with E-state index in [1.807, 2.05) is 62.4 Å². The molecule has 200 valence electrons. The Balaban J connectivity index is 1.29. The van der Waals surface area contributed by atoms with Crippen LogP contribution in [-0.2, 0) is 16.0 Å². The molecule has 1 atom stereocenters. The standard InChI is InChI=1S/C31H25FN4O4/c1-19-3-8-22(9-4-19)24-15-25(17-33-16-24)30(38)34-28(39-18-37)14-21-7-12-26(27(32)13-21)29-35-31(40-36-29)23-10-5-20(2)6-11-23/h3-13,15-18,28H,14H2,1-2H3,(H,34,38). The summed E-state index contributed by atoms with van der Waals surface area (Å²) in [6.07, 6.45) is 2.10. The topological polar surface area (TPSA) is 107 Å². The van der Waals surface area contributed by atoms with Gasteiger partial charge in [0.25, 0.3) is 18.3 Å². The van der Waals surface area contributed by atoms with E-state index < -0.39 is 18.0 Å². The fourth-order valence-corrected chi connectivity index (χ4v) is 4.13. The molecule has 2 aromatic heterocycles. The maximum Gasteiger partial charge on any atom is 0.295 e. The average molecular weight is 537 g/mol. The predicted molar refractivity (Wildman–Crippen MR) is 146 cm³/mol. The second-order valence-corrected chi connectivity index (χ2v) is 9.33. The van der Waals surface area contributed by atoms with E-state index in [4.69, 9.17) is 9.26 Å². The fraction of sp³-hybridized carbons (Fsp3) is 0.129. The Hall–Kier alpha value is -5.18. The molecule has 0 fully saturated rings. The van der Waals surface area contributed by atoms with Crippen LogP contribution in [0.4, 0.5) is 4.39 Å². The Morgan fingerprint density at radius 2 is 1.65 bits per heavy atom. The molecule has 0 radical (unpaired) electrons. The van der Waals surface area contributed by atoms with E-state index in [2.05, 4.69) is 20.4 Å². The monoisotopic (exact) mass is 536 g/mol. The van der Waals surface area contributed by atoms with E-state index in [1.165, 1.54) is 18.3 Å². The highest BCUT2D eigenvalue weighted by molar-refractivity contribution is 5.95. The van der Waals surface area contributed by atoms with Crippen molar-refractivity contribution in [1.82, 2.24) is 20.4 Å². The van der Waals surface area contributed by atoms with Crippen LogP contribution >= 0.6 is 0 Å². The third kappa shape index (κ3) is 6.10. The van der Waals surface area contributed by atoms with E-state index >= 15 is 4.39 Å². The normalized spacial score (nSPS) is 11.6. The van der Waals surface area contributed by atoms with Crippen molar-refractivity contribution in [3.8, 4) is 34.0 Å². The van der Waals surface area contributed by atoms with Gasteiger partial charge in [0.1, 0.15) is 5.82 Å². The molecule has 8 nitrogen and oxygen atoms in total. The van der Waals surface area contributed by atoms with Crippen LogP contribution in [0.5, 0.6) is 0 Å². The number of hydrogen-bond donors (Lipinski definition) is 1. The van der Waals surface area contributed by atoms with Crippen LogP contribution in [0.2, 0.25) is 0 Å². The van der Waals surface area contributed by atoms with Gasteiger partial charge in [0.15, 0.2) is 6.23 Å². The van der Waals surface area contributed by atoms with Crippen molar-refractivity contribution in [3.63, 3.8) is 0 Å². The van der Waals surface area contributed by atoms with E-state index in [0.717, 1.165) is 27.8 Å². The zero-order valence-corrected chi connectivity index (χ0v) is 21.8. The first-order valence-electron chi connectivity index (χ1n) is 12.5. The van der Waals surface area contributed by atoms with Crippen LogP contribution in [0, 0.1) is 19.7 Å². The molecule has 0 aliphatic carbocycles. The molecule has 3 aromatic carbocycles. The van der Waals surface area contributed by atoms with Crippen molar-refractivity contribution in [2.24, 2.45) is 0 Å². The number of rotatable bonds is 9. The molecule has 0 spiro atoms. The first kappa shape index (κ1) is 26.4. The van der Waals surface area contributed by atoms with Gasteiger partial charge in [0, 0.05) is 29.9 Å². The lowest BCUT2D eigenvalue weighted by atomic mass is 10.0. The summed E-state index contributed by atoms with van der Waals surface area (Å²) in [5, 5.41) is 6.58. The summed E-state index contributed by atoms with van der Waals surface area (Å²) in [5.74, 6) is -0.683. The molecule has 0 aliphatic rings. The number of pyridine rings is 1. The minimum atomic E-state index is -1.03. The molecule has 0 bridgehead atoms. The number of carbonyl (C=O) groups is 2. The summed E-state index contributed by atoms with van der Waals surface area (Å²) in [6.45, 7) is 4.20. The Kier molecular flexibility index (Phi) is 7.72. The van der Waals surface area contributed by atoms with E-state index in [0.29, 0.717) is 11.1 Å². The first-order chi connectivity index (χ1) is 19.4. The molecule has 1 unspecified atom stereocenters. The van der Waals surface area contributed by atoms with Crippen molar-refractivity contribution < 1.29 is 23.2 Å². The molecule has 0 saturated carbocycles. The minimum absolute atomic E-state index is 0.0353. The number of aryl methyl sites for hydroxylation is 2. The van der Waals surface area contributed by atoms with E-state index in [1.54, 1.807) is 18.3 Å². The number of amides is 1. The molecule has 2 heterocycles. The highest BCUT2D eigenvalue weighted by atomic mass is 19.1. The van der Waals surface area contributed by atoms with Gasteiger partial charge in [-0.15, -0.1) is 0 Å². The second kappa shape index (κ2) is 11.7. The van der Waals surface area contributed by atoms with Crippen LogP contribution in [0.3, 0.4) is 0 Å². The van der Waals surface area contributed by atoms with Crippen molar-refractivity contribution in [3.05, 3.63) is 113 Å².